The summed E-state index contributed by atoms with van der Waals surface area (Å²) in [6.07, 6.45) is -3.84. The van der Waals surface area contributed by atoms with Gasteiger partial charge in [0, 0.05) is 17.2 Å². The maximum absolute atomic E-state index is 14.4. The number of rotatable bonds is 6. The molecule has 0 aliphatic carbocycles. The predicted molar refractivity (Wildman–Crippen MR) is 125 cm³/mol. The van der Waals surface area contributed by atoms with E-state index in [9.17, 15) is 37.3 Å². The topological polar surface area (TPSA) is 91.9 Å². The Hall–Kier alpha value is -4.90. The number of aromatic nitrogens is 1. The molecule has 0 bridgehead atoms. The van der Waals surface area contributed by atoms with Gasteiger partial charge in [-0.2, -0.15) is 23.7 Å². The Labute approximate surface area is 212 Å². The molecule has 0 saturated heterocycles. The molecular weight excluding hydrogens is 509 g/mol. The van der Waals surface area contributed by atoms with Crippen LogP contribution in [0.1, 0.15) is 29.2 Å². The molecule has 0 saturated carbocycles. The monoisotopic (exact) mass is 525 g/mol. The van der Waals surface area contributed by atoms with Gasteiger partial charge in [0.1, 0.15) is 35.1 Å². The lowest BCUT2D eigenvalue weighted by Gasteiger charge is -2.16. The molecule has 0 N–H and O–H groups in total. The number of nitriles is 2. The van der Waals surface area contributed by atoms with Crippen LogP contribution < -0.4 is 10.3 Å². The van der Waals surface area contributed by atoms with Crippen LogP contribution in [0.15, 0.2) is 64.0 Å². The summed E-state index contributed by atoms with van der Waals surface area (Å²) in [7, 11) is 0. The Balaban J connectivity index is 1.90. The van der Waals surface area contributed by atoms with E-state index in [0.29, 0.717) is 35.6 Å². The smallest absolute Gasteiger partial charge is 0.417 e. The average Bonchev–Trinajstić information content (AvgIpc) is 3.36. The number of hydrogen-bond acceptors (Lipinski definition) is 5. The van der Waals surface area contributed by atoms with Gasteiger partial charge >= 0.3 is 6.18 Å². The largest absolute Gasteiger partial charge is 0.492 e. The van der Waals surface area contributed by atoms with Crippen molar-refractivity contribution in [1.29, 1.82) is 10.5 Å². The third kappa shape index (κ3) is 5.00. The summed E-state index contributed by atoms with van der Waals surface area (Å²) in [5, 5.41) is 18.7. The summed E-state index contributed by atoms with van der Waals surface area (Å²) in [5.74, 6) is -1.76. The molecule has 38 heavy (non-hydrogen) atoms. The molecule has 4 rings (SSSR count). The fraction of sp³-hybridized carbons (Fsp3) is 0.148. The number of hydrogen-bond donors (Lipinski definition) is 0. The van der Waals surface area contributed by atoms with Gasteiger partial charge in [0.2, 0.25) is 0 Å². The van der Waals surface area contributed by atoms with Gasteiger partial charge in [-0.25, -0.2) is 8.78 Å². The van der Waals surface area contributed by atoms with Gasteiger partial charge in [-0.15, -0.1) is 0 Å². The summed E-state index contributed by atoms with van der Waals surface area (Å²) >= 11 is 0. The molecule has 11 heteroatoms. The van der Waals surface area contributed by atoms with E-state index in [1.54, 1.807) is 19.1 Å². The van der Waals surface area contributed by atoms with Crippen LogP contribution in [0.2, 0.25) is 0 Å². The van der Waals surface area contributed by atoms with E-state index >= 15 is 0 Å². The summed E-state index contributed by atoms with van der Waals surface area (Å²) in [6, 6.07) is 12.4. The van der Waals surface area contributed by atoms with Crippen LogP contribution in [-0.4, -0.2) is 11.2 Å². The van der Waals surface area contributed by atoms with Gasteiger partial charge in [-0.3, -0.25) is 9.36 Å². The number of furan rings is 1. The second-order valence-corrected chi connectivity index (χ2v) is 8.01. The Bertz CT molecular complexity index is 1670. The highest BCUT2D eigenvalue weighted by Gasteiger charge is 2.37. The molecule has 0 aliphatic heterocycles. The van der Waals surface area contributed by atoms with Gasteiger partial charge in [0.05, 0.1) is 36.2 Å². The van der Waals surface area contributed by atoms with E-state index in [1.807, 2.05) is 6.07 Å². The molecule has 0 amide bonds. The molecule has 0 spiro atoms. The zero-order chi connectivity index (χ0) is 27.6. The maximum Gasteiger partial charge on any atom is 0.417 e. The van der Waals surface area contributed by atoms with E-state index in [-0.39, 0.29) is 22.6 Å². The van der Waals surface area contributed by atoms with E-state index in [2.05, 4.69) is 0 Å². The van der Waals surface area contributed by atoms with Crippen LogP contribution >= 0.6 is 0 Å². The Morgan fingerprint density at radius 2 is 1.76 bits per heavy atom. The van der Waals surface area contributed by atoms with Gasteiger partial charge in [0.25, 0.3) is 5.56 Å². The lowest BCUT2D eigenvalue weighted by Crippen LogP contribution is -2.29. The van der Waals surface area contributed by atoms with Crippen molar-refractivity contribution >= 4 is 0 Å². The quantitative estimate of drug-likeness (QED) is 0.277. The fourth-order valence-electron chi connectivity index (χ4n) is 3.86. The van der Waals surface area contributed by atoms with Crippen LogP contribution in [0, 0.1) is 34.3 Å². The summed E-state index contributed by atoms with van der Waals surface area (Å²) in [5.41, 5.74) is -3.52. The van der Waals surface area contributed by atoms with Gasteiger partial charge in [-0.05, 0) is 42.8 Å². The fourth-order valence-corrected chi connectivity index (χ4v) is 3.86. The van der Waals surface area contributed by atoms with Crippen LogP contribution in [0.25, 0.3) is 22.6 Å². The summed E-state index contributed by atoms with van der Waals surface area (Å²) in [6.45, 7) is 1.47. The molecule has 0 aliphatic rings. The molecule has 2 aromatic carbocycles. The lowest BCUT2D eigenvalue weighted by atomic mass is 10.0. The standard InChI is InChI=1S/C27H16F5N3O3/c1-2-37-24-6-4-15(7-17(24)11-33)18-8-25(38-14-18)23-10-21(27(30,31)32)20(12-34)26(36)35(23)13-16-3-5-19(28)9-22(16)29/h3-10,14H,2,13H2,1H3. The molecule has 0 unspecified atom stereocenters. The average molecular weight is 525 g/mol. The molecule has 2 heterocycles. The molecule has 2 aromatic heterocycles. The van der Waals surface area contributed by atoms with Crippen molar-refractivity contribution < 1.29 is 31.1 Å². The molecule has 0 fully saturated rings. The first-order valence-corrected chi connectivity index (χ1v) is 11.0. The van der Waals surface area contributed by atoms with Crippen molar-refractivity contribution in [3.63, 3.8) is 0 Å². The first kappa shape index (κ1) is 26.2. The van der Waals surface area contributed by atoms with Crippen molar-refractivity contribution in [2.75, 3.05) is 6.61 Å². The van der Waals surface area contributed by atoms with E-state index in [4.69, 9.17) is 9.15 Å². The highest BCUT2D eigenvalue weighted by atomic mass is 19.4. The predicted octanol–water partition coefficient (Wildman–Crippen LogP) is 6.26. The van der Waals surface area contributed by atoms with Crippen molar-refractivity contribution in [2.45, 2.75) is 19.6 Å². The van der Waals surface area contributed by atoms with Crippen LogP contribution in [0.4, 0.5) is 22.0 Å². The minimum Gasteiger partial charge on any atom is -0.492 e. The minimum atomic E-state index is -5.05. The highest BCUT2D eigenvalue weighted by Crippen LogP contribution is 2.36. The highest BCUT2D eigenvalue weighted by molar-refractivity contribution is 5.71. The second-order valence-electron chi connectivity index (χ2n) is 8.01. The number of alkyl halides is 3. The summed E-state index contributed by atoms with van der Waals surface area (Å²) in [4.78, 5) is 13.1. The minimum absolute atomic E-state index is 0.193. The third-order valence-electron chi connectivity index (χ3n) is 5.65. The van der Waals surface area contributed by atoms with E-state index < -0.39 is 41.0 Å². The van der Waals surface area contributed by atoms with E-state index in [0.717, 1.165) is 16.7 Å². The Morgan fingerprint density at radius 3 is 2.39 bits per heavy atom. The zero-order valence-electron chi connectivity index (χ0n) is 19.6. The molecule has 192 valence electrons. The Morgan fingerprint density at radius 1 is 1.00 bits per heavy atom. The van der Waals surface area contributed by atoms with Crippen molar-refractivity contribution in [3.8, 4) is 40.5 Å². The number of nitrogens with zero attached hydrogens (tertiary/aromatic N) is 3. The summed E-state index contributed by atoms with van der Waals surface area (Å²) < 4.78 is 80.7. The van der Waals surface area contributed by atoms with Crippen LogP contribution in [-0.2, 0) is 12.7 Å². The molecule has 6 nitrogen and oxygen atoms in total. The molecular formula is C27H16F5N3O3. The first-order chi connectivity index (χ1) is 18.1. The van der Waals surface area contributed by atoms with Crippen LogP contribution in [0.5, 0.6) is 5.75 Å². The number of pyridine rings is 1. The van der Waals surface area contributed by atoms with E-state index in [1.165, 1.54) is 24.5 Å². The van der Waals surface area contributed by atoms with Crippen molar-refractivity contribution in [3.05, 3.63) is 99.0 Å². The lowest BCUT2D eigenvalue weighted by molar-refractivity contribution is -0.137. The number of halogens is 5. The molecule has 0 radical (unpaired) electrons. The number of ether oxygens (including phenoxy) is 1. The first-order valence-electron chi connectivity index (χ1n) is 11.0. The van der Waals surface area contributed by atoms with Gasteiger partial charge in [0.15, 0.2) is 5.76 Å². The third-order valence-corrected chi connectivity index (χ3v) is 5.65. The number of benzene rings is 2. The molecule has 0 atom stereocenters. The second kappa shape index (κ2) is 10.2. The van der Waals surface area contributed by atoms with Gasteiger partial charge in [-0.1, -0.05) is 12.1 Å². The zero-order valence-corrected chi connectivity index (χ0v) is 19.6. The normalized spacial score (nSPS) is 11.2. The van der Waals surface area contributed by atoms with Crippen molar-refractivity contribution in [1.82, 2.24) is 4.57 Å². The van der Waals surface area contributed by atoms with Crippen LogP contribution in [0.3, 0.4) is 0 Å². The Kier molecular flexibility index (Phi) is 7.04. The van der Waals surface area contributed by atoms with Crippen molar-refractivity contribution in [2.24, 2.45) is 0 Å². The maximum atomic E-state index is 14.4. The molecule has 4 aromatic rings. The van der Waals surface area contributed by atoms with Gasteiger partial charge < -0.3 is 9.15 Å². The SMILES string of the molecule is CCOc1ccc(-c2coc(-c3cc(C(F)(F)F)c(C#N)c(=O)n3Cc3ccc(F)cc3F)c2)cc1C#N.